The Hall–Kier alpha value is -2.53. The van der Waals surface area contributed by atoms with E-state index in [1.807, 2.05) is 42.5 Å². The first-order valence-electron chi connectivity index (χ1n) is 9.41. The van der Waals surface area contributed by atoms with Crippen molar-refractivity contribution in [1.29, 1.82) is 0 Å². The van der Waals surface area contributed by atoms with Crippen LogP contribution in [-0.2, 0) is 4.79 Å². The van der Waals surface area contributed by atoms with Crippen LogP contribution in [0.5, 0.6) is 0 Å². The molecule has 1 amide bonds. The van der Waals surface area contributed by atoms with Crippen LogP contribution in [0, 0.1) is 0 Å². The second-order valence-corrected chi connectivity index (χ2v) is 7.77. The van der Waals surface area contributed by atoms with E-state index in [9.17, 15) is 4.79 Å². The summed E-state index contributed by atoms with van der Waals surface area (Å²) in [6.07, 6.45) is 5.65. The predicted molar refractivity (Wildman–Crippen MR) is 114 cm³/mol. The van der Waals surface area contributed by atoms with Crippen LogP contribution >= 0.6 is 11.8 Å². The van der Waals surface area contributed by atoms with Gasteiger partial charge in [-0.25, -0.2) is 0 Å². The summed E-state index contributed by atoms with van der Waals surface area (Å²) >= 11 is 1.54. The Bertz CT molecular complexity index is 915. The summed E-state index contributed by atoms with van der Waals surface area (Å²) in [5.41, 5.74) is 3.04. The Labute approximate surface area is 164 Å². The Kier molecular flexibility index (Phi) is 5.58. The highest BCUT2D eigenvalue weighted by Crippen LogP contribution is 2.27. The first kappa shape index (κ1) is 17.9. The van der Waals surface area contributed by atoms with Gasteiger partial charge in [-0.2, -0.15) is 0 Å². The summed E-state index contributed by atoms with van der Waals surface area (Å²) in [6, 6.07) is 18.2. The molecule has 1 aliphatic heterocycles. The minimum Gasteiger partial charge on any atom is -0.372 e. The van der Waals surface area contributed by atoms with Crippen LogP contribution in [0.3, 0.4) is 0 Å². The van der Waals surface area contributed by atoms with Crippen molar-refractivity contribution in [3.63, 3.8) is 0 Å². The van der Waals surface area contributed by atoms with Gasteiger partial charge in [-0.15, -0.1) is 11.8 Å². The second-order valence-electron chi connectivity index (χ2n) is 6.76. The molecule has 0 unspecified atom stereocenters. The molecule has 0 saturated carbocycles. The van der Waals surface area contributed by atoms with E-state index in [0.717, 1.165) is 34.6 Å². The number of benzene rings is 2. The van der Waals surface area contributed by atoms with E-state index in [2.05, 4.69) is 27.3 Å². The lowest BCUT2D eigenvalue weighted by Crippen LogP contribution is -2.29. The number of para-hydroxylation sites is 1. The average Bonchev–Trinajstić information content (AvgIpc) is 2.73. The van der Waals surface area contributed by atoms with Gasteiger partial charge in [0, 0.05) is 40.9 Å². The molecule has 0 radical (unpaired) electrons. The van der Waals surface area contributed by atoms with Crippen LogP contribution in [-0.4, -0.2) is 29.7 Å². The molecule has 1 fully saturated rings. The first-order chi connectivity index (χ1) is 13.3. The van der Waals surface area contributed by atoms with E-state index in [1.54, 1.807) is 18.0 Å². The zero-order valence-corrected chi connectivity index (χ0v) is 16.0. The Balaban J connectivity index is 1.35. The van der Waals surface area contributed by atoms with E-state index in [4.69, 9.17) is 0 Å². The van der Waals surface area contributed by atoms with Gasteiger partial charge in [-0.1, -0.05) is 18.2 Å². The van der Waals surface area contributed by atoms with Gasteiger partial charge < -0.3 is 10.2 Å². The zero-order chi connectivity index (χ0) is 18.5. The molecule has 0 atom stereocenters. The quantitative estimate of drug-likeness (QED) is 0.639. The van der Waals surface area contributed by atoms with Crippen LogP contribution in [0.2, 0.25) is 0 Å². The number of piperidine rings is 1. The van der Waals surface area contributed by atoms with Crippen molar-refractivity contribution >= 4 is 39.9 Å². The summed E-state index contributed by atoms with van der Waals surface area (Å²) in [5, 5.41) is 4.08. The molecular formula is C22H23N3OS. The predicted octanol–water partition coefficient (Wildman–Crippen LogP) is 4.96. The van der Waals surface area contributed by atoms with Gasteiger partial charge in [0.05, 0.1) is 11.3 Å². The Morgan fingerprint density at radius 3 is 2.59 bits per heavy atom. The van der Waals surface area contributed by atoms with Crippen LogP contribution in [0.1, 0.15) is 19.3 Å². The zero-order valence-electron chi connectivity index (χ0n) is 15.2. The second kappa shape index (κ2) is 8.44. The number of hydrogen-bond acceptors (Lipinski definition) is 4. The minimum absolute atomic E-state index is 0.00613. The van der Waals surface area contributed by atoms with E-state index in [1.165, 1.54) is 24.9 Å². The number of rotatable bonds is 5. The number of nitrogens with zero attached hydrogens (tertiary/aromatic N) is 2. The van der Waals surface area contributed by atoms with Gasteiger partial charge in [-0.3, -0.25) is 9.78 Å². The minimum atomic E-state index is 0.00613. The third-order valence-corrected chi connectivity index (χ3v) is 5.91. The number of nitrogens with one attached hydrogen (secondary N) is 1. The molecular weight excluding hydrogens is 354 g/mol. The third-order valence-electron chi connectivity index (χ3n) is 4.84. The summed E-state index contributed by atoms with van der Waals surface area (Å²) < 4.78 is 0. The van der Waals surface area contributed by atoms with Gasteiger partial charge >= 0.3 is 0 Å². The number of pyridine rings is 1. The summed E-state index contributed by atoms with van der Waals surface area (Å²) in [5.74, 6) is 0.383. The van der Waals surface area contributed by atoms with Crippen molar-refractivity contribution in [3.8, 4) is 0 Å². The standard InChI is InChI=1S/C22H23N3OS/c26-22(16-27-21-12-13-23-20-7-3-2-6-19(20)21)24-17-8-10-18(11-9-17)25-14-4-1-5-15-25/h2-3,6-13H,1,4-5,14-16H2,(H,24,26). The average molecular weight is 378 g/mol. The van der Waals surface area contributed by atoms with Gasteiger partial charge in [-0.05, 0) is 55.7 Å². The highest BCUT2D eigenvalue weighted by molar-refractivity contribution is 8.00. The van der Waals surface area contributed by atoms with E-state index >= 15 is 0 Å². The summed E-state index contributed by atoms with van der Waals surface area (Å²) in [7, 11) is 0. The van der Waals surface area contributed by atoms with Gasteiger partial charge in [0.1, 0.15) is 0 Å². The number of hydrogen-bond donors (Lipinski definition) is 1. The molecule has 1 aromatic heterocycles. The number of carbonyl (C=O) groups is 1. The Morgan fingerprint density at radius 2 is 1.78 bits per heavy atom. The molecule has 2 aromatic carbocycles. The molecule has 0 aliphatic carbocycles. The topological polar surface area (TPSA) is 45.2 Å². The van der Waals surface area contributed by atoms with Crippen molar-refractivity contribution in [2.45, 2.75) is 24.2 Å². The highest BCUT2D eigenvalue weighted by Gasteiger charge is 2.11. The van der Waals surface area contributed by atoms with Crippen LogP contribution < -0.4 is 10.2 Å². The maximum absolute atomic E-state index is 12.4. The molecule has 3 aromatic rings. The number of anilines is 2. The molecule has 5 heteroatoms. The van der Waals surface area contributed by atoms with E-state index in [0.29, 0.717) is 5.75 Å². The normalized spacial score (nSPS) is 14.3. The highest BCUT2D eigenvalue weighted by atomic mass is 32.2. The smallest absolute Gasteiger partial charge is 0.234 e. The van der Waals surface area contributed by atoms with Crippen molar-refractivity contribution in [3.05, 3.63) is 60.8 Å². The molecule has 2 heterocycles. The number of thioether (sulfide) groups is 1. The lowest BCUT2D eigenvalue weighted by atomic mass is 10.1. The molecule has 0 spiro atoms. The molecule has 0 bridgehead atoms. The lowest BCUT2D eigenvalue weighted by Gasteiger charge is -2.28. The largest absolute Gasteiger partial charge is 0.372 e. The van der Waals surface area contributed by atoms with Gasteiger partial charge in [0.25, 0.3) is 0 Å². The third kappa shape index (κ3) is 4.42. The first-order valence-corrected chi connectivity index (χ1v) is 10.4. The fraction of sp³-hybridized carbons (Fsp3) is 0.273. The Morgan fingerprint density at radius 1 is 1.00 bits per heavy atom. The lowest BCUT2D eigenvalue weighted by molar-refractivity contribution is -0.113. The molecule has 138 valence electrons. The monoisotopic (exact) mass is 377 g/mol. The van der Waals surface area contributed by atoms with Crippen LogP contribution in [0.4, 0.5) is 11.4 Å². The number of amides is 1. The van der Waals surface area contributed by atoms with Crippen molar-refractivity contribution in [2.24, 2.45) is 0 Å². The number of carbonyl (C=O) groups excluding carboxylic acids is 1. The summed E-state index contributed by atoms with van der Waals surface area (Å²) in [6.45, 7) is 2.25. The molecule has 1 N–H and O–H groups in total. The van der Waals surface area contributed by atoms with E-state index in [-0.39, 0.29) is 5.91 Å². The SMILES string of the molecule is O=C(CSc1ccnc2ccccc12)Nc1ccc(N2CCCCC2)cc1. The van der Waals surface area contributed by atoms with Gasteiger partial charge in [0.2, 0.25) is 5.91 Å². The van der Waals surface area contributed by atoms with Gasteiger partial charge in [0.15, 0.2) is 0 Å². The van der Waals surface area contributed by atoms with Crippen LogP contribution in [0.15, 0.2) is 65.7 Å². The molecule has 1 saturated heterocycles. The molecule has 4 rings (SSSR count). The fourth-order valence-electron chi connectivity index (χ4n) is 3.44. The molecule has 27 heavy (non-hydrogen) atoms. The van der Waals surface area contributed by atoms with Crippen molar-refractivity contribution in [1.82, 2.24) is 4.98 Å². The maximum Gasteiger partial charge on any atom is 0.234 e. The van der Waals surface area contributed by atoms with Crippen LogP contribution in [0.25, 0.3) is 10.9 Å². The van der Waals surface area contributed by atoms with E-state index < -0.39 is 0 Å². The number of fused-ring (bicyclic) bond motifs is 1. The van der Waals surface area contributed by atoms with Crippen molar-refractivity contribution in [2.75, 3.05) is 29.1 Å². The number of aromatic nitrogens is 1. The summed E-state index contributed by atoms with van der Waals surface area (Å²) in [4.78, 5) is 20.2. The molecule has 1 aliphatic rings. The van der Waals surface area contributed by atoms with Crippen molar-refractivity contribution < 1.29 is 4.79 Å². The fourth-order valence-corrected chi connectivity index (χ4v) is 4.29. The molecule has 4 nitrogen and oxygen atoms in total. The maximum atomic E-state index is 12.4.